The molecular weight excluding hydrogens is 310 g/mol. The molecule has 0 spiro atoms. The summed E-state index contributed by atoms with van der Waals surface area (Å²) in [6.45, 7) is 3.32. The second-order valence-corrected chi connectivity index (χ2v) is 5.64. The highest BCUT2D eigenvalue weighted by Gasteiger charge is 2.33. The number of nitrogens with one attached hydrogen (secondary N) is 1. The van der Waals surface area contributed by atoms with Crippen molar-refractivity contribution >= 4 is 11.9 Å². The van der Waals surface area contributed by atoms with Crippen molar-refractivity contribution in [3.05, 3.63) is 64.1 Å². The zero-order chi connectivity index (χ0) is 17.7. The first kappa shape index (κ1) is 17.4. The van der Waals surface area contributed by atoms with Gasteiger partial charge in [-0.1, -0.05) is 37.3 Å². The van der Waals surface area contributed by atoms with Crippen LogP contribution in [-0.2, 0) is 11.3 Å². The summed E-state index contributed by atoms with van der Waals surface area (Å²) in [6, 6.07) is 11.8. The van der Waals surface area contributed by atoms with Gasteiger partial charge in [-0.05, 0) is 25.0 Å². The number of carboxylic acids is 1. The van der Waals surface area contributed by atoms with Gasteiger partial charge in [0.1, 0.15) is 11.2 Å². The topological polar surface area (TPSA) is 101 Å². The molecule has 1 aromatic carbocycles. The lowest BCUT2D eigenvalue weighted by molar-refractivity contribution is -0.143. The van der Waals surface area contributed by atoms with Crippen molar-refractivity contribution < 1.29 is 14.7 Å². The summed E-state index contributed by atoms with van der Waals surface area (Å²) < 4.78 is 1.17. The Morgan fingerprint density at radius 2 is 1.88 bits per heavy atom. The molecule has 24 heavy (non-hydrogen) atoms. The average molecular weight is 329 g/mol. The Balaban J connectivity index is 2.26. The van der Waals surface area contributed by atoms with Crippen molar-refractivity contribution in [2.75, 3.05) is 0 Å². The fourth-order valence-electron chi connectivity index (χ4n) is 2.05. The molecule has 1 unspecified atom stereocenters. The molecule has 2 rings (SSSR count). The second kappa shape index (κ2) is 7.08. The molecule has 0 saturated carbocycles. The summed E-state index contributed by atoms with van der Waals surface area (Å²) in [7, 11) is 0. The Labute approximate surface area is 138 Å². The summed E-state index contributed by atoms with van der Waals surface area (Å²) in [4.78, 5) is 35.5. The molecule has 0 saturated heterocycles. The number of amides is 1. The number of nitrogens with zero attached hydrogens (tertiary/aromatic N) is 2. The van der Waals surface area contributed by atoms with Gasteiger partial charge in [-0.25, -0.2) is 9.48 Å². The van der Waals surface area contributed by atoms with Crippen LogP contribution in [0.1, 0.15) is 36.3 Å². The van der Waals surface area contributed by atoms with Crippen molar-refractivity contribution in [1.29, 1.82) is 0 Å². The van der Waals surface area contributed by atoms with Gasteiger partial charge in [-0.15, -0.1) is 0 Å². The van der Waals surface area contributed by atoms with Crippen molar-refractivity contribution in [3.63, 3.8) is 0 Å². The summed E-state index contributed by atoms with van der Waals surface area (Å²) in [5.74, 6) is -1.76. The summed E-state index contributed by atoms with van der Waals surface area (Å²) >= 11 is 0. The molecule has 2 N–H and O–H groups in total. The molecule has 0 aliphatic rings. The monoisotopic (exact) mass is 329 g/mol. The Morgan fingerprint density at radius 3 is 2.46 bits per heavy atom. The van der Waals surface area contributed by atoms with Crippen LogP contribution >= 0.6 is 0 Å². The van der Waals surface area contributed by atoms with E-state index in [0.29, 0.717) is 0 Å². The van der Waals surface area contributed by atoms with Crippen LogP contribution in [-0.4, -0.2) is 32.3 Å². The predicted octanol–water partition coefficient (Wildman–Crippen LogP) is 1.27. The molecule has 2 aromatic rings. The van der Waals surface area contributed by atoms with Crippen LogP contribution in [0.4, 0.5) is 0 Å². The van der Waals surface area contributed by atoms with Gasteiger partial charge in [0.25, 0.3) is 11.5 Å². The van der Waals surface area contributed by atoms with E-state index in [4.69, 9.17) is 0 Å². The fourth-order valence-corrected chi connectivity index (χ4v) is 2.05. The van der Waals surface area contributed by atoms with Crippen molar-refractivity contribution in [1.82, 2.24) is 15.1 Å². The number of rotatable bonds is 6. The zero-order valence-corrected chi connectivity index (χ0v) is 13.5. The summed E-state index contributed by atoms with van der Waals surface area (Å²) in [5, 5.41) is 15.7. The SMILES string of the molecule is CCC(C)(NC(=O)c1ccc(=O)n(Cc2ccccc2)n1)C(=O)O. The molecule has 1 amide bonds. The Morgan fingerprint density at radius 1 is 1.21 bits per heavy atom. The second-order valence-electron chi connectivity index (χ2n) is 5.64. The molecular formula is C17H19N3O4. The number of carbonyl (C=O) groups is 2. The summed E-state index contributed by atoms with van der Waals surface area (Å²) in [5.41, 5.74) is -0.869. The van der Waals surface area contributed by atoms with Crippen molar-refractivity contribution in [2.24, 2.45) is 0 Å². The van der Waals surface area contributed by atoms with Crippen LogP contribution in [0.25, 0.3) is 0 Å². The molecule has 1 atom stereocenters. The van der Waals surface area contributed by atoms with Crippen LogP contribution in [0.15, 0.2) is 47.3 Å². The van der Waals surface area contributed by atoms with E-state index in [2.05, 4.69) is 10.4 Å². The highest BCUT2D eigenvalue weighted by molar-refractivity contribution is 5.96. The van der Waals surface area contributed by atoms with Crippen molar-refractivity contribution in [3.8, 4) is 0 Å². The molecule has 0 aliphatic carbocycles. The normalized spacial score (nSPS) is 13.1. The number of hydrogen-bond donors (Lipinski definition) is 2. The lowest BCUT2D eigenvalue weighted by Crippen LogP contribution is -2.52. The third-order valence-electron chi connectivity index (χ3n) is 3.84. The van der Waals surface area contributed by atoms with E-state index < -0.39 is 17.4 Å². The van der Waals surface area contributed by atoms with Crippen LogP contribution in [0, 0.1) is 0 Å². The Hall–Kier alpha value is -2.96. The maximum atomic E-state index is 12.3. The third kappa shape index (κ3) is 3.87. The van der Waals surface area contributed by atoms with Gasteiger partial charge >= 0.3 is 5.97 Å². The van der Waals surface area contributed by atoms with E-state index in [0.717, 1.165) is 5.56 Å². The third-order valence-corrected chi connectivity index (χ3v) is 3.84. The number of carbonyl (C=O) groups excluding carboxylic acids is 1. The van der Waals surface area contributed by atoms with Gasteiger partial charge in [0.15, 0.2) is 0 Å². The molecule has 1 aromatic heterocycles. The van der Waals surface area contributed by atoms with Crippen LogP contribution in [0.3, 0.4) is 0 Å². The van der Waals surface area contributed by atoms with E-state index in [1.54, 1.807) is 6.92 Å². The van der Waals surface area contributed by atoms with Crippen LogP contribution in [0.5, 0.6) is 0 Å². The zero-order valence-electron chi connectivity index (χ0n) is 13.5. The minimum Gasteiger partial charge on any atom is -0.480 e. The molecule has 7 heteroatoms. The van der Waals surface area contributed by atoms with Gasteiger partial charge in [0, 0.05) is 6.07 Å². The predicted molar refractivity (Wildman–Crippen MR) is 87.8 cm³/mol. The molecule has 0 radical (unpaired) electrons. The molecule has 126 valence electrons. The minimum absolute atomic E-state index is 0.00791. The van der Waals surface area contributed by atoms with E-state index in [1.807, 2.05) is 30.3 Å². The average Bonchev–Trinajstić information content (AvgIpc) is 2.57. The maximum absolute atomic E-state index is 12.3. The lowest BCUT2D eigenvalue weighted by Gasteiger charge is -2.24. The molecule has 0 bridgehead atoms. The first-order valence-electron chi connectivity index (χ1n) is 7.54. The van der Waals surface area contributed by atoms with Crippen molar-refractivity contribution in [2.45, 2.75) is 32.4 Å². The summed E-state index contributed by atoms with van der Waals surface area (Å²) in [6.07, 6.45) is 0.220. The number of hydrogen-bond acceptors (Lipinski definition) is 4. The quantitative estimate of drug-likeness (QED) is 0.831. The fraction of sp³-hybridized carbons (Fsp3) is 0.294. The molecule has 0 fully saturated rings. The van der Waals surface area contributed by atoms with Crippen LogP contribution < -0.4 is 10.9 Å². The van der Waals surface area contributed by atoms with E-state index in [9.17, 15) is 19.5 Å². The van der Waals surface area contributed by atoms with E-state index >= 15 is 0 Å². The first-order valence-corrected chi connectivity index (χ1v) is 7.54. The maximum Gasteiger partial charge on any atom is 0.329 e. The number of carboxylic acid groups (broad SMARTS) is 1. The van der Waals surface area contributed by atoms with Gasteiger partial charge in [0.2, 0.25) is 0 Å². The minimum atomic E-state index is -1.39. The van der Waals surface area contributed by atoms with Gasteiger partial charge in [-0.2, -0.15) is 5.10 Å². The Kier molecular flexibility index (Phi) is 5.13. The van der Waals surface area contributed by atoms with Crippen LogP contribution in [0.2, 0.25) is 0 Å². The highest BCUT2D eigenvalue weighted by Crippen LogP contribution is 2.10. The first-order chi connectivity index (χ1) is 11.4. The van der Waals surface area contributed by atoms with Gasteiger partial charge in [0.05, 0.1) is 6.54 Å². The molecule has 7 nitrogen and oxygen atoms in total. The standard InChI is InChI=1S/C17H19N3O4/c1-3-17(2,16(23)24)18-15(22)13-9-10-14(21)20(19-13)11-12-7-5-4-6-8-12/h4-10H,3,11H2,1-2H3,(H,18,22)(H,23,24). The largest absolute Gasteiger partial charge is 0.480 e. The molecule has 0 aliphatic heterocycles. The van der Waals surface area contributed by atoms with Gasteiger partial charge < -0.3 is 10.4 Å². The smallest absolute Gasteiger partial charge is 0.329 e. The Bertz CT molecular complexity index is 801. The number of benzene rings is 1. The molecule has 1 heterocycles. The lowest BCUT2D eigenvalue weighted by atomic mass is 9.99. The van der Waals surface area contributed by atoms with E-state index in [1.165, 1.54) is 23.7 Å². The highest BCUT2D eigenvalue weighted by atomic mass is 16.4. The van der Waals surface area contributed by atoms with Gasteiger partial charge in [-0.3, -0.25) is 9.59 Å². The van der Waals surface area contributed by atoms with E-state index in [-0.39, 0.29) is 24.2 Å². The number of aromatic nitrogens is 2. The number of aliphatic carboxylic acids is 1.